The van der Waals surface area contributed by atoms with Crippen molar-refractivity contribution in [2.24, 2.45) is 11.8 Å². The monoisotopic (exact) mass is 567 g/mol. The van der Waals surface area contributed by atoms with Crippen LogP contribution in [0.4, 0.5) is 17.6 Å². The first-order valence-electron chi connectivity index (χ1n) is 13.1. The van der Waals surface area contributed by atoms with E-state index in [4.69, 9.17) is 16.3 Å². The number of likely N-dealkylation sites (tertiary alicyclic amines) is 1. The first-order chi connectivity index (χ1) is 18.3. The van der Waals surface area contributed by atoms with Gasteiger partial charge in [-0.1, -0.05) is 35.9 Å². The first kappa shape index (κ1) is 27.7. The van der Waals surface area contributed by atoms with Crippen molar-refractivity contribution in [1.82, 2.24) is 4.90 Å². The van der Waals surface area contributed by atoms with Gasteiger partial charge in [0.2, 0.25) is 11.6 Å². The van der Waals surface area contributed by atoms with Gasteiger partial charge < -0.3 is 14.7 Å². The molecule has 2 fully saturated rings. The van der Waals surface area contributed by atoms with Crippen LogP contribution >= 0.6 is 11.6 Å². The Hall–Kier alpha value is -2.81. The zero-order valence-electron chi connectivity index (χ0n) is 21.4. The van der Waals surface area contributed by atoms with Crippen LogP contribution in [0.1, 0.15) is 55.7 Å². The molecule has 0 spiro atoms. The van der Waals surface area contributed by atoms with Crippen LogP contribution in [0.25, 0.3) is 0 Å². The average Bonchev–Trinajstić information content (AvgIpc) is 3.28. The summed E-state index contributed by atoms with van der Waals surface area (Å²) in [5.41, 5.74) is -3.13. The number of carboxylic acid groups (broad SMARTS) is 1. The zero-order valence-corrected chi connectivity index (χ0v) is 22.2. The third kappa shape index (κ3) is 4.87. The smallest absolute Gasteiger partial charge is 0.426 e. The summed E-state index contributed by atoms with van der Waals surface area (Å²) in [4.78, 5) is 26.9. The van der Waals surface area contributed by atoms with Gasteiger partial charge in [-0.25, -0.2) is 4.39 Å². The molecule has 1 saturated carbocycles. The lowest BCUT2D eigenvalue weighted by Crippen LogP contribution is -2.53. The number of carbonyl (C=O) groups is 2. The van der Waals surface area contributed by atoms with Crippen molar-refractivity contribution in [3.63, 3.8) is 0 Å². The van der Waals surface area contributed by atoms with E-state index < -0.39 is 34.7 Å². The average molecular weight is 568 g/mol. The van der Waals surface area contributed by atoms with Crippen LogP contribution in [-0.4, -0.2) is 47.3 Å². The summed E-state index contributed by atoms with van der Waals surface area (Å²) in [6.45, 7) is 0.998. The Labute approximate surface area is 229 Å². The fraction of sp³-hybridized carbons (Fsp3) is 0.517. The van der Waals surface area contributed by atoms with Gasteiger partial charge in [0.25, 0.3) is 0 Å². The molecule has 3 aliphatic rings. The molecule has 1 saturated heterocycles. The van der Waals surface area contributed by atoms with E-state index in [2.05, 4.69) is 0 Å². The minimum absolute atomic E-state index is 0.0427. The highest BCUT2D eigenvalue weighted by Crippen LogP contribution is 2.52. The van der Waals surface area contributed by atoms with Crippen LogP contribution in [0.3, 0.4) is 0 Å². The molecule has 3 atom stereocenters. The number of alkyl halides is 4. The number of benzene rings is 2. The van der Waals surface area contributed by atoms with Crippen LogP contribution in [0.5, 0.6) is 5.75 Å². The third-order valence-corrected chi connectivity index (χ3v) is 9.20. The molecule has 1 N–H and O–H groups in total. The van der Waals surface area contributed by atoms with Gasteiger partial charge in [0.05, 0.1) is 12.0 Å². The summed E-state index contributed by atoms with van der Waals surface area (Å²) < 4.78 is 61.1. The van der Waals surface area contributed by atoms with Crippen LogP contribution in [-0.2, 0) is 27.1 Å². The SMILES string of the molecule is CC(F)(c1ccc2c(c1)OCC1N(C(=O)C3CCC(C(=O)O)CC3)CCC21Cc1ccc(Cl)cc1)C(F)(F)F. The van der Waals surface area contributed by atoms with Crippen molar-refractivity contribution in [2.45, 2.75) is 68.8 Å². The lowest BCUT2D eigenvalue weighted by atomic mass is 9.68. The van der Waals surface area contributed by atoms with Crippen LogP contribution in [0.15, 0.2) is 42.5 Å². The van der Waals surface area contributed by atoms with Crippen LogP contribution < -0.4 is 4.74 Å². The van der Waals surface area contributed by atoms with E-state index in [0.29, 0.717) is 62.6 Å². The molecule has 10 heteroatoms. The molecular weight excluding hydrogens is 538 g/mol. The highest BCUT2D eigenvalue weighted by Gasteiger charge is 2.57. The summed E-state index contributed by atoms with van der Waals surface area (Å²) in [6, 6.07) is 10.7. The summed E-state index contributed by atoms with van der Waals surface area (Å²) in [5, 5.41) is 9.89. The highest BCUT2D eigenvalue weighted by molar-refractivity contribution is 6.30. The highest BCUT2D eigenvalue weighted by atomic mass is 35.5. The fourth-order valence-electron chi connectivity index (χ4n) is 6.54. The molecule has 0 radical (unpaired) electrons. The standard InChI is InChI=1S/C29H30ClF4NO4/c1-27(31,29(32,33)34)20-8-11-22-23(14-20)39-16-24-28(22,15-17-2-9-21(30)10-3-17)12-13-35(24)25(36)18-4-6-19(7-5-18)26(37)38/h2-3,8-11,14,18-19,24H,4-7,12-13,15-16H2,1H3,(H,37,38). The maximum Gasteiger partial charge on any atom is 0.426 e. The van der Waals surface area contributed by atoms with E-state index in [9.17, 15) is 32.3 Å². The Balaban J connectivity index is 1.49. The number of hydrogen-bond acceptors (Lipinski definition) is 3. The largest absolute Gasteiger partial charge is 0.491 e. The number of carboxylic acids is 1. The van der Waals surface area contributed by atoms with E-state index in [1.807, 2.05) is 17.0 Å². The molecule has 2 aromatic carbocycles. The van der Waals surface area contributed by atoms with Gasteiger partial charge in [-0.3, -0.25) is 9.59 Å². The van der Waals surface area contributed by atoms with Crippen LogP contribution in [0, 0.1) is 11.8 Å². The van der Waals surface area contributed by atoms with Crippen molar-refractivity contribution < 1.29 is 37.0 Å². The molecule has 0 bridgehead atoms. The van der Waals surface area contributed by atoms with Crippen LogP contribution in [0.2, 0.25) is 5.02 Å². The predicted octanol–water partition coefficient (Wildman–Crippen LogP) is 6.45. The van der Waals surface area contributed by atoms with E-state index >= 15 is 0 Å². The number of aliphatic carboxylic acids is 1. The van der Waals surface area contributed by atoms with E-state index in [0.717, 1.165) is 11.6 Å². The summed E-state index contributed by atoms with van der Waals surface area (Å²) in [7, 11) is 0. The molecule has 0 aromatic heterocycles. The second kappa shape index (κ2) is 9.98. The zero-order chi connectivity index (χ0) is 28.2. The Bertz CT molecular complexity index is 1260. The van der Waals surface area contributed by atoms with Crippen molar-refractivity contribution >= 4 is 23.5 Å². The van der Waals surface area contributed by atoms with Gasteiger partial charge in [0, 0.05) is 34.0 Å². The number of halogens is 5. The van der Waals surface area contributed by atoms with Gasteiger partial charge in [0.1, 0.15) is 12.4 Å². The molecule has 1 aliphatic carbocycles. The Kier molecular flexibility index (Phi) is 7.10. The van der Waals surface area contributed by atoms with Gasteiger partial charge in [-0.05, 0) is 69.2 Å². The van der Waals surface area contributed by atoms with Crippen molar-refractivity contribution in [3.8, 4) is 5.75 Å². The summed E-state index contributed by atoms with van der Waals surface area (Å²) in [5.74, 6) is -1.40. The van der Waals surface area contributed by atoms with Crippen molar-refractivity contribution in [1.29, 1.82) is 0 Å². The molecular formula is C29H30ClF4NO4. The number of hydrogen-bond donors (Lipinski definition) is 1. The number of carbonyl (C=O) groups excluding carboxylic acids is 1. The molecule has 3 unspecified atom stereocenters. The second-order valence-corrected chi connectivity index (χ2v) is 11.6. The van der Waals surface area contributed by atoms with E-state index in [-0.39, 0.29) is 30.2 Å². The first-order valence-corrected chi connectivity index (χ1v) is 13.5. The number of fused-ring (bicyclic) bond motifs is 3. The lowest BCUT2D eigenvalue weighted by molar-refractivity contribution is -0.228. The van der Waals surface area contributed by atoms with Crippen molar-refractivity contribution in [3.05, 3.63) is 64.2 Å². The molecule has 5 rings (SSSR count). The predicted molar refractivity (Wildman–Crippen MR) is 136 cm³/mol. The minimum atomic E-state index is -5.09. The van der Waals surface area contributed by atoms with E-state index in [1.165, 1.54) is 12.1 Å². The number of ether oxygens (including phenoxy) is 1. The molecule has 1 amide bonds. The summed E-state index contributed by atoms with van der Waals surface area (Å²) in [6.07, 6.45) is -2.15. The molecule has 39 heavy (non-hydrogen) atoms. The Morgan fingerprint density at radius 3 is 2.31 bits per heavy atom. The topological polar surface area (TPSA) is 66.8 Å². The maximum absolute atomic E-state index is 14.8. The van der Waals surface area contributed by atoms with Crippen molar-refractivity contribution in [2.75, 3.05) is 13.2 Å². The Morgan fingerprint density at radius 1 is 1.05 bits per heavy atom. The normalized spacial score (nSPS) is 28.2. The number of rotatable bonds is 5. The third-order valence-electron chi connectivity index (χ3n) is 8.94. The second-order valence-electron chi connectivity index (χ2n) is 11.2. The van der Waals surface area contributed by atoms with Gasteiger partial charge >= 0.3 is 12.1 Å². The Morgan fingerprint density at radius 2 is 1.69 bits per heavy atom. The molecule has 5 nitrogen and oxygen atoms in total. The molecule has 2 aromatic rings. The van der Waals surface area contributed by atoms with Gasteiger partial charge in [-0.2, -0.15) is 13.2 Å². The summed E-state index contributed by atoms with van der Waals surface area (Å²) >= 11 is 6.09. The number of amides is 1. The van der Waals surface area contributed by atoms with Gasteiger partial charge in [-0.15, -0.1) is 0 Å². The lowest BCUT2D eigenvalue weighted by Gasteiger charge is -2.44. The molecule has 210 valence electrons. The fourth-order valence-corrected chi connectivity index (χ4v) is 6.66. The maximum atomic E-state index is 14.8. The van der Waals surface area contributed by atoms with E-state index in [1.54, 1.807) is 12.1 Å². The molecule has 2 heterocycles. The minimum Gasteiger partial charge on any atom is -0.491 e. The molecule has 2 aliphatic heterocycles. The number of nitrogens with zero attached hydrogens (tertiary/aromatic N) is 1. The van der Waals surface area contributed by atoms with Gasteiger partial charge in [0.15, 0.2) is 0 Å². The quantitative estimate of drug-likeness (QED) is 0.422.